The number of aromatic nitrogens is 1. The minimum Gasteiger partial charge on any atom is -0.341 e. The first-order valence-electron chi connectivity index (χ1n) is 9.10. The summed E-state index contributed by atoms with van der Waals surface area (Å²) in [6, 6.07) is 15.1. The number of carbonyl (C=O) groups excluding carboxylic acids is 1. The fourth-order valence-corrected chi connectivity index (χ4v) is 3.51. The topological polar surface area (TPSA) is 25.2 Å². The maximum Gasteiger partial charge on any atom is 0.246 e. The van der Waals surface area contributed by atoms with Crippen molar-refractivity contribution in [3.05, 3.63) is 60.7 Å². The van der Waals surface area contributed by atoms with Crippen molar-refractivity contribution < 1.29 is 4.79 Å². The molecule has 1 amide bonds. The van der Waals surface area contributed by atoms with Crippen LogP contribution in [0.15, 0.2) is 55.1 Å². The van der Waals surface area contributed by atoms with Crippen LogP contribution in [-0.2, 0) is 17.9 Å². The van der Waals surface area contributed by atoms with Gasteiger partial charge in [0, 0.05) is 41.4 Å². The predicted molar refractivity (Wildman–Crippen MR) is 106 cm³/mol. The summed E-state index contributed by atoms with van der Waals surface area (Å²) < 4.78 is 2.35. The summed E-state index contributed by atoms with van der Waals surface area (Å²) in [7, 11) is 0. The van der Waals surface area contributed by atoms with Crippen LogP contribution in [-0.4, -0.2) is 21.9 Å². The molecule has 0 spiro atoms. The van der Waals surface area contributed by atoms with Gasteiger partial charge in [-0.3, -0.25) is 4.79 Å². The number of aryl methyl sites for hydroxylation is 1. The van der Waals surface area contributed by atoms with Gasteiger partial charge >= 0.3 is 0 Å². The third-order valence-electron chi connectivity index (χ3n) is 4.79. The number of fused-ring (bicyclic) bond motifs is 3. The minimum absolute atomic E-state index is 0.00420. The molecule has 0 N–H and O–H groups in total. The van der Waals surface area contributed by atoms with Gasteiger partial charge in [0.1, 0.15) is 0 Å². The van der Waals surface area contributed by atoms with Crippen LogP contribution >= 0.6 is 0 Å². The fraction of sp³-hybridized carbons (Fsp3) is 0.318. The Morgan fingerprint density at radius 2 is 1.88 bits per heavy atom. The lowest BCUT2D eigenvalue weighted by Crippen LogP contribution is -2.29. The molecule has 3 rings (SSSR count). The first-order valence-corrected chi connectivity index (χ1v) is 9.10. The molecule has 0 fully saturated rings. The second-order valence-electron chi connectivity index (χ2n) is 6.43. The van der Waals surface area contributed by atoms with Crippen LogP contribution in [0.5, 0.6) is 0 Å². The number of carbonyl (C=O) groups is 1. The largest absolute Gasteiger partial charge is 0.341 e. The molecule has 2 aromatic carbocycles. The zero-order valence-corrected chi connectivity index (χ0v) is 15.2. The molecule has 0 saturated carbocycles. The summed E-state index contributed by atoms with van der Waals surface area (Å²) >= 11 is 0. The van der Waals surface area contributed by atoms with Crippen LogP contribution in [0.25, 0.3) is 21.8 Å². The summed E-state index contributed by atoms with van der Waals surface area (Å²) in [5.74, 6) is 0.00420. The van der Waals surface area contributed by atoms with Crippen LogP contribution < -0.4 is 0 Å². The van der Waals surface area contributed by atoms with E-state index in [4.69, 9.17) is 0 Å². The monoisotopic (exact) mass is 334 g/mol. The quantitative estimate of drug-likeness (QED) is 0.550. The van der Waals surface area contributed by atoms with E-state index in [0.29, 0.717) is 6.54 Å². The van der Waals surface area contributed by atoms with Gasteiger partial charge in [-0.2, -0.15) is 0 Å². The minimum atomic E-state index is 0.00420. The fourth-order valence-electron chi connectivity index (χ4n) is 3.51. The van der Waals surface area contributed by atoms with Crippen molar-refractivity contribution in [2.45, 2.75) is 39.8 Å². The number of hydrogen-bond acceptors (Lipinski definition) is 1. The zero-order chi connectivity index (χ0) is 17.8. The SMILES string of the molecule is C=CC(=O)N(CCCC)Cc1ccc2c(c1)c1ccccc1n2CC. The first-order chi connectivity index (χ1) is 12.2. The van der Waals surface area contributed by atoms with E-state index in [9.17, 15) is 4.79 Å². The van der Waals surface area contributed by atoms with Gasteiger partial charge in [-0.05, 0) is 43.2 Å². The Morgan fingerprint density at radius 1 is 1.12 bits per heavy atom. The average molecular weight is 334 g/mol. The smallest absolute Gasteiger partial charge is 0.246 e. The van der Waals surface area contributed by atoms with Gasteiger partial charge in [0.15, 0.2) is 0 Å². The first kappa shape index (κ1) is 17.3. The van der Waals surface area contributed by atoms with Crippen molar-refractivity contribution in [1.29, 1.82) is 0 Å². The molecule has 3 heteroatoms. The Hall–Kier alpha value is -2.55. The van der Waals surface area contributed by atoms with E-state index in [-0.39, 0.29) is 5.91 Å². The molecule has 130 valence electrons. The molecule has 0 saturated heterocycles. The van der Waals surface area contributed by atoms with E-state index in [0.717, 1.165) is 31.5 Å². The number of hydrogen-bond donors (Lipinski definition) is 0. The van der Waals surface area contributed by atoms with E-state index in [1.807, 2.05) is 4.90 Å². The normalized spacial score (nSPS) is 11.1. The average Bonchev–Trinajstić information content (AvgIpc) is 2.97. The molecule has 0 aliphatic heterocycles. The van der Waals surface area contributed by atoms with Crippen LogP contribution in [0.3, 0.4) is 0 Å². The van der Waals surface area contributed by atoms with Crippen LogP contribution in [0.2, 0.25) is 0 Å². The van der Waals surface area contributed by atoms with Crippen molar-refractivity contribution in [2.24, 2.45) is 0 Å². The van der Waals surface area contributed by atoms with E-state index >= 15 is 0 Å². The molecule has 0 unspecified atom stereocenters. The summed E-state index contributed by atoms with van der Waals surface area (Å²) in [6.07, 6.45) is 3.50. The maximum absolute atomic E-state index is 12.2. The molecule has 3 aromatic rings. The second-order valence-corrected chi connectivity index (χ2v) is 6.43. The van der Waals surface area contributed by atoms with Crippen molar-refractivity contribution in [1.82, 2.24) is 9.47 Å². The van der Waals surface area contributed by atoms with E-state index < -0.39 is 0 Å². The predicted octanol–water partition coefficient (Wildman–Crippen LogP) is 5.13. The Morgan fingerprint density at radius 3 is 2.60 bits per heavy atom. The number of rotatable bonds is 7. The number of amides is 1. The van der Waals surface area contributed by atoms with Gasteiger partial charge in [-0.1, -0.05) is 44.2 Å². The number of para-hydroxylation sites is 1. The second kappa shape index (κ2) is 7.56. The van der Waals surface area contributed by atoms with Crippen molar-refractivity contribution >= 4 is 27.7 Å². The van der Waals surface area contributed by atoms with Gasteiger partial charge in [0.25, 0.3) is 0 Å². The van der Waals surface area contributed by atoms with Gasteiger partial charge in [-0.15, -0.1) is 0 Å². The molecule has 0 radical (unpaired) electrons. The molecule has 3 nitrogen and oxygen atoms in total. The number of benzene rings is 2. The summed E-state index contributed by atoms with van der Waals surface area (Å²) in [5.41, 5.74) is 3.68. The van der Waals surface area contributed by atoms with Crippen molar-refractivity contribution in [2.75, 3.05) is 6.54 Å². The highest BCUT2D eigenvalue weighted by molar-refractivity contribution is 6.08. The lowest BCUT2D eigenvalue weighted by molar-refractivity contribution is -0.126. The van der Waals surface area contributed by atoms with Crippen LogP contribution in [0.1, 0.15) is 32.3 Å². The Labute approximate surface area is 149 Å². The summed E-state index contributed by atoms with van der Waals surface area (Å²) in [6.45, 7) is 10.3. The third-order valence-corrected chi connectivity index (χ3v) is 4.79. The lowest BCUT2D eigenvalue weighted by Gasteiger charge is -2.21. The number of unbranched alkanes of at least 4 members (excludes halogenated alkanes) is 1. The Balaban J connectivity index is 2.01. The summed E-state index contributed by atoms with van der Waals surface area (Å²) in [5, 5.41) is 2.53. The van der Waals surface area contributed by atoms with E-state index in [2.05, 4.69) is 67.5 Å². The molecule has 1 aromatic heterocycles. The Bertz CT molecular complexity index is 907. The van der Waals surface area contributed by atoms with Gasteiger partial charge in [-0.25, -0.2) is 0 Å². The molecule has 0 aliphatic rings. The highest BCUT2D eigenvalue weighted by Crippen LogP contribution is 2.30. The van der Waals surface area contributed by atoms with Gasteiger partial charge in [0.2, 0.25) is 5.91 Å². The molecule has 0 atom stereocenters. The van der Waals surface area contributed by atoms with Crippen LogP contribution in [0, 0.1) is 0 Å². The molecular formula is C22H26N2O. The standard InChI is InChI=1S/C22H26N2O/c1-4-7-14-23(22(25)5-2)16-17-12-13-21-19(15-17)18-10-8-9-11-20(18)24(21)6-3/h5,8-13,15H,2,4,6-7,14,16H2,1,3H3. The molecule has 0 aliphatic carbocycles. The lowest BCUT2D eigenvalue weighted by atomic mass is 10.1. The van der Waals surface area contributed by atoms with Crippen molar-refractivity contribution in [3.63, 3.8) is 0 Å². The zero-order valence-electron chi connectivity index (χ0n) is 15.2. The van der Waals surface area contributed by atoms with E-state index in [1.54, 1.807) is 0 Å². The van der Waals surface area contributed by atoms with Crippen LogP contribution in [0.4, 0.5) is 0 Å². The summed E-state index contributed by atoms with van der Waals surface area (Å²) in [4.78, 5) is 14.0. The van der Waals surface area contributed by atoms with Gasteiger partial charge in [0.05, 0.1) is 0 Å². The highest BCUT2D eigenvalue weighted by Gasteiger charge is 2.13. The molecule has 0 bridgehead atoms. The van der Waals surface area contributed by atoms with E-state index in [1.165, 1.54) is 27.9 Å². The van der Waals surface area contributed by atoms with Crippen molar-refractivity contribution in [3.8, 4) is 0 Å². The third kappa shape index (κ3) is 3.32. The number of nitrogens with zero attached hydrogens (tertiary/aromatic N) is 2. The molecular weight excluding hydrogens is 308 g/mol. The van der Waals surface area contributed by atoms with Gasteiger partial charge < -0.3 is 9.47 Å². The maximum atomic E-state index is 12.2. The molecule has 25 heavy (non-hydrogen) atoms. The molecule has 1 heterocycles. The highest BCUT2D eigenvalue weighted by atomic mass is 16.2. The Kier molecular flexibility index (Phi) is 5.22.